The zero-order valence-corrected chi connectivity index (χ0v) is 21.2. The first-order valence-corrected chi connectivity index (χ1v) is 12.3. The quantitative estimate of drug-likeness (QED) is 0.132. The molecule has 1 fully saturated rings. The van der Waals surface area contributed by atoms with Crippen LogP contribution < -0.4 is 16.0 Å². The second-order valence-electron chi connectivity index (χ2n) is 8.43. The van der Waals surface area contributed by atoms with Gasteiger partial charge in [0.1, 0.15) is 6.29 Å². The van der Waals surface area contributed by atoms with Crippen molar-refractivity contribution in [3.05, 3.63) is 29.3 Å². The molecule has 1 aliphatic heterocycles. The molecule has 12 nitrogen and oxygen atoms in total. The minimum absolute atomic E-state index is 0.136. The number of nitrogens with one attached hydrogen (secondary N) is 3. The van der Waals surface area contributed by atoms with Gasteiger partial charge in [0.2, 0.25) is 24.1 Å². The highest BCUT2D eigenvalue weighted by Gasteiger charge is 2.30. The number of nitrogens with zero attached hydrogens (tertiary/aromatic N) is 1. The summed E-state index contributed by atoms with van der Waals surface area (Å²) in [6.45, 7) is 3.22. The predicted octanol–water partition coefficient (Wildman–Crippen LogP) is 0.251. The third-order valence-corrected chi connectivity index (χ3v) is 5.66. The van der Waals surface area contributed by atoms with E-state index in [1.54, 1.807) is 30.1 Å². The Balaban J connectivity index is 1.70. The van der Waals surface area contributed by atoms with Crippen LogP contribution in [0.2, 0.25) is 0 Å². The summed E-state index contributed by atoms with van der Waals surface area (Å²) in [5.74, 6) is -0.922. The molecular weight excluding hydrogens is 484 g/mol. The molecule has 3 N–H and O–H groups in total. The number of ether oxygens (including phenoxy) is 3. The Bertz CT molecular complexity index is 911. The molecule has 0 bridgehead atoms. The van der Waals surface area contributed by atoms with Crippen LogP contribution in [0.5, 0.6) is 0 Å². The normalized spacial score (nSPS) is 15.4. The minimum atomic E-state index is -0.503. The maximum atomic E-state index is 12.5. The number of rotatable bonds is 19. The minimum Gasteiger partial charge on any atom is -0.381 e. The lowest BCUT2D eigenvalue weighted by Crippen LogP contribution is -2.51. The fourth-order valence-electron chi connectivity index (χ4n) is 3.73. The van der Waals surface area contributed by atoms with E-state index in [0.29, 0.717) is 81.9 Å². The van der Waals surface area contributed by atoms with Gasteiger partial charge in [-0.25, -0.2) is 0 Å². The molecular formula is C25H36N4O8. The van der Waals surface area contributed by atoms with Gasteiger partial charge < -0.3 is 24.8 Å². The van der Waals surface area contributed by atoms with Crippen molar-refractivity contribution >= 4 is 36.1 Å². The van der Waals surface area contributed by atoms with Gasteiger partial charge in [-0.15, -0.1) is 0 Å². The zero-order chi connectivity index (χ0) is 26.9. The first-order chi connectivity index (χ1) is 18.0. The van der Waals surface area contributed by atoms with Crippen LogP contribution >= 0.6 is 0 Å². The third kappa shape index (κ3) is 11.2. The number of benzene rings is 1. The fourth-order valence-corrected chi connectivity index (χ4v) is 3.73. The van der Waals surface area contributed by atoms with E-state index in [-0.39, 0.29) is 43.7 Å². The maximum Gasteiger partial charge on any atom is 0.243 e. The molecule has 4 amide bonds. The Morgan fingerprint density at radius 1 is 1.08 bits per heavy atom. The second-order valence-corrected chi connectivity index (χ2v) is 8.43. The van der Waals surface area contributed by atoms with E-state index >= 15 is 0 Å². The molecule has 1 unspecified atom stereocenters. The van der Waals surface area contributed by atoms with Crippen LogP contribution in [0.15, 0.2) is 18.2 Å². The number of carbonyl (C=O) groups excluding carboxylic acids is 5. The number of imide groups is 1. The van der Waals surface area contributed by atoms with Gasteiger partial charge in [-0.05, 0) is 26.0 Å². The molecule has 0 spiro atoms. The van der Waals surface area contributed by atoms with Gasteiger partial charge in [-0.1, -0.05) is 12.1 Å². The highest BCUT2D eigenvalue weighted by Crippen LogP contribution is 2.23. The van der Waals surface area contributed by atoms with Gasteiger partial charge in [-0.2, -0.15) is 0 Å². The molecule has 1 aromatic carbocycles. The average Bonchev–Trinajstić information content (AvgIpc) is 2.87. The molecule has 2 rings (SSSR count). The van der Waals surface area contributed by atoms with Gasteiger partial charge in [0.05, 0.1) is 38.9 Å². The summed E-state index contributed by atoms with van der Waals surface area (Å²) in [4.78, 5) is 59.6. The molecule has 1 heterocycles. The van der Waals surface area contributed by atoms with Crippen molar-refractivity contribution in [3.8, 4) is 0 Å². The summed E-state index contributed by atoms with van der Waals surface area (Å²) in [7, 11) is 1.74. The molecule has 0 saturated carbocycles. The molecule has 1 aliphatic rings. The molecule has 1 saturated heterocycles. The average molecular weight is 521 g/mol. The van der Waals surface area contributed by atoms with Gasteiger partial charge in [0, 0.05) is 49.5 Å². The van der Waals surface area contributed by atoms with Gasteiger partial charge in [0.15, 0.2) is 0 Å². The first kappa shape index (κ1) is 30.0. The van der Waals surface area contributed by atoms with Crippen LogP contribution in [0.3, 0.4) is 0 Å². The highest BCUT2D eigenvalue weighted by atomic mass is 16.5. The van der Waals surface area contributed by atoms with E-state index in [1.807, 2.05) is 0 Å². The van der Waals surface area contributed by atoms with E-state index in [2.05, 4.69) is 16.0 Å². The highest BCUT2D eigenvalue weighted by molar-refractivity contribution is 6.00. The van der Waals surface area contributed by atoms with Crippen LogP contribution in [0, 0.1) is 0 Å². The van der Waals surface area contributed by atoms with E-state index in [1.165, 1.54) is 0 Å². The Hall–Kier alpha value is -3.19. The topological polar surface area (TPSA) is 152 Å². The molecule has 0 aromatic heterocycles. The lowest BCUT2D eigenvalue weighted by Gasteiger charge is -2.30. The summed E-state index contributed by atoms with van der Waals surface area (Å²) in [6, 6.07) is 4.53. The number of piperidine rings is 1. The Kier molecular flexibility index (Phi) is 14.0. The van der Waals surface area contributed by atoms with E-state index < -0.39 is 6.04 Å². The van der Waals surface area contributed by atoms with Crippen LogP contribution in [0.4, 0.5) is 5.69 Å². The molecule has 37 heavy (non-hydrogen) atoms. The van der Waals surface area contributed by atoms with Crippen LogP contribution in [-0.4, -0.2) is 94.6 Å². The monoisotopic (exact) mass is 520 g/mol. The third-order valence-electron chi connectivity index (χ3n) is 5.66. The van der Waals surface area contributed by atoms with Crippen molar-refractivity contribution in [2.45, 2.75) is 38.3 Å². The van der Waals surface area contributed by atoms with Gasteiger partial charge in [0.25, 0.3) is 0 Å². The largest absolute Gasteiger partial charge is 0.381 e. The number of anilines is 1. The van der Waals surface area contributed by atoms with Crippen LogP contribution in [-0.2, 0) is 39.9 Å². The Morgan fingerprint density at radius 2 is 1.81 bits per heavy atom. The summed E-state index contributed by atoms with van der Waals surface area (Å²) < 4.78 is 16.2. The van der Waals surface area contributed by atoms with Gasteiger partial charge in [-0.3, -0.25) is 34.2 Å². The first-order valence-electron chi connectivity index (χ1n) is 12.3. The SMILES string of the molecule is CN(Cc1c(C=O)cccc1NC(=O)CCOCCCOCCOCCNC=O)C1CCC(=O)NC1=O. The fraction of sp³-hybridized carbons (Fsp3) is 0.560. The summed E-state index contributed by atoms with van der Waals surface area (Å²) in [5.41, 5.74) is 1.50. The summed E-state index contributed by atoms with van der Waals surface area (Å²) >= 11 is 0. The van der Waals surface area contributed by atoms with Crippen molar-refractivity contribution < 1.29 is 38.2 Å². The van der Waals surface area contributed by atoms with Crippen molar-refractivity contribution in [1.82, 2.24) is 15.5 Å². The van der Waals surface area contributed by atoms with Crippen LogP contribution in [0.1, 0.15) is 41.6 Å². The smallest absolute Gasteiger partial charge is 0.243 e. The predicted molar refractivity (Wildman–Crippen MR) is 134 cm³/mol. The van der Waals surface area contributed by atoms with E-state index in [9.17, 15) is 24.0 Å². The summed E-state index contributed by atoms with van der Waals surface area (Å²) in [6.07, 6.45) is 2.79. The van der Waals surface area contributed by atoms with E-state index in [4.69, 9.17) is 14.2 Å². The number of hydrogen-bond acceptors (Lipinski definition) is 9. The Morgan fingerprint density at radius 3 is 2.51 bits per heavy atom. The lowest BCUT2D eigenvalue weighted by molar-refractivity contribution is -0.137. The number of likely N-dealkylation sites (N-methyl/N-ethyl adjacent to an activating group) is 1. The molecule has 1 aromatic rings. The second kappa shape index (κ2) is 17.3. The molecule has 1 atom stereocenters. The van der Waals surface area contributed by atoms with Crippen molar-refractivity contribution in [2.75, 3.05) is 58.6 Å². The summed E-state index contributed by atoms with van der Waals surface area (Å²) in [5, 5.41) is 7.67. The van der Waals surface area contributed by atoms with Crippen molar-refractivity contribution in [2.24, 2.45) is 0 Å². The standard InChI is InChI=1S/C25H36N4O8/c1-29(22-6-7-23(32)28-25(22)34)16-20-19(17-30)4-2-5-21(20)27-24(33)8-12-35-10-3-11-36-14-15-37-13-9-26-18-31/h2,4-5,17-18,22H,3,6-16H2,1H3,(H,26,31)(H,27,33)(H,28,32,34). The number of hydrogen-bond donors (Lipinski definition) is 3. The Labute approximate surface area is 216 Å². The van der Waals surface area contributed by atoms with E-state index in [0.717, 1.165) is 0 Å². The number of aldehydes is 1. The molecule has 0 radical (unpaired) electrons. The maximum absolute atomic E-state index is 12.5. The number of amides is 4. The zero-order valence-electron chi connectivity index (χ0n) is 21.2. The molecule has 0 aliphatic carbocycles. The molecule has 12 heteroatoms. The lowest BCUT2D eigenvalue weighted by atomic mass is 10.0. The van der Waals surface area contributed by atoms with Crippen molar-refractivity contribution in [3.63, 3.8) is 0 Å². The van der Waals surface area contributed by atoms with Crippen molar-refractivity contribution in [1.29, 1.82) is 0 Å². The number of carbonyl (C=O) groups is 5. The molecule has 204 valence electrons. The van der Waals surface area contributed by atoms with Gasteiger partial charge >= 0.3 is 0 Å². The van der Waals surface area contributed by atoms with Crippen LogP contribution in [0.25, 0.3) is 0 Å².